The van der Waals surface area contributed by atoms with Gasteiger partial charge in [-0.3, -0.25) is 4.79 Å². The van der Waals surface area contributed by atoms with Crippen LogP contribution in [-0.4, -0.2) is 22.0 Å². The first-order chi connectivity index (χ1) is 16.7. The first-order valence-electron chi connectivity index (χ1n) is 10.9. The summed E-state index contributed by atoms with van der Waals surface area (Å²) in [6.07, 6.45) is -2.36. The zero-order valence-corrected chi connectivity index (χ0v) is 20.5. The van der Waals surface area contributed by atoms with Gasteiger partial charge in [-0.25, -0.2) is 4.98 Å². The Morgan fingerprint density at radius 1 is 1.11 bits per heavy atom. The molecule has 4 aromatic rings. The van der Waals surface area contributed by atoms with Crippen molar-refractivity contribution in [2.75, 3.05) is 0 Å². The highest BCUT2D eigenvalue weighted by atomic mass is 79.9. The van der Waals surface area contributed by atoms with Crippen LogP contribution >= 0.6 is 15.9 Å². The van der Waals surface area contributed by atoms with Crippen molar-refractivity contribution in [3.8, 4) is 17.1 Å². The summed E-state index contributed by atoms with van der Waals surface area (Å²) in [6, 6.07) is 16.7. The zero-order chi connectivity index (χ0) is 25.2. The van der Waals surface area contributed by atoms with Crippen LogP contribution in [0.25, 0.3) is 22.3 Å². The fourth-order valence-corrected chi connectivity index (χ4v) is 3.78. The van der Waals surface area contributed by atoms with E-state index in [0.717, 1.165) is 27.7 Å². The van der Waals surface area contributed by atoms with Gasteiger partial charge >= 0.3 is 6.18 Å². The number of hydrogen-bond donors (Lipinski definition) is 0. The normalized spacial score (nSPS) is 12.9. The Hall–Kier alpha value is -3.46. The molecule has 0 radical (unpaired) electrons. The maximum absolute atomic E-state index is 13.4. The molecular formula is C26H21BrF3N3O2. The number of rotatable bonds is 6. The van der Waals surface area contributed by atoms with Crippen LogP contribution < -0.4 is 10.3 Å². The van der Waals surface area contributed by atoms with E-state index in [1.807, 2.05) is 19.9 Å². The average Bonchev–Trinajstić information content (AvgIpc) is 2.84. The molecule has 1 atom stereocenters. The highest BCUT2D eigenvalue weighted by molar-refractivity contribution is 9.10. The smallest absolute Gasteiger partial charge is 0.416 e. The van der Waals surface area contributed by atoms with Gasteiger partial charge in [-0.05, 0) is 55.8 Å². The van der Waals surface area contributed by atoms with Crippen molar-refractivity contribution < 1.29 is 17.9 Å². The van der Waals surface area contributed by atoms with Gasteiger partial charge in [-0.1, -0.05) is 47.1 Å². The first-order valence-corrected chi connectivity index (χ1v) is 11.7. The molecule has 0 fully saturated rings. The lowest BCUT2D eigenvalue weighted by molar-refractivity contribution is -0.137. The lowest BCUT2D eigenvalue weighted by Gasteiger charge is -2.15. The summed E-state index contributed by atoms with van der Waals surface area (Å²) < 4.78 is 47.9. The van der Waals surface area contributed by atoms with Crippen LogP contribution in [0.2, 0.25) is 0 Å². The standard InChI is InChI=1S/C26H21BrF3N3O2/c1-3-16(2)35-23-12-11-20(27)14-18(23)15-31-33-24(17-7-6-8-19(13-17)26(28,29)30)32-22-10-5-4-9-21(22)25(33)34/h4-16H,3H2,1-2H3/t16-/m0/s1. The summed E-state index contributed by atoms with van der Waals surface area (Å²) in [5.74, 6) is 0.559. The third-order valence-electron chi connectivity index (χ3n) is 5.39. The predicted molar refractivity (Wildman–Crippen MR) is 134 cm³/mol. The Morgan fingerprint density at radius 2 is 1.89 bits per heavy atom. The molecule has 1 aromatic heterocycles. The lowest BCUT2D eigenvalue weighted by Crippen LogP contribution is -2.20. The van der Waals surface area contributed by atoms with Crippen LogP contribution in [0.5, 0.6) is 5.75 Å². The number of nitrogens with zero attached hydrogens (tertiary/aromatic N) is 3. The van der Waals surface area contributed by atoms with E-state index in [1.54, 1.807) is 36.4 Å². The van der Waals surface area contributed by atoms with Gasteiger partial charge in [-0.15, -0.1) is 0 Å². The van der Waals surface area contributed by atoms with Gasteiger partial charge in [0.2, 0.25) is 0 Å². The molecule has 35 heavy (non-hydrogen) atoms. The summed E-state index contributed by atoms with van der Waals surface area (Å²) in [5.41, 5.74) is -0.276. The molecule has 0 saturated carbocycles. The molecular weight excluding hydrogens is 523 g/mol. The minimum absolute atomic E-state index is 0.00422. The number of ether oxygens (including phenoxy) is 1. The summed E-state index contributed by atoms with van der Waals surface area (Å²) in [7, 11) is 0. The molecule has 3 aromatic carbocycles. The second kappa shape index (κ2) is 10.0. The molecule has 0 amide bonds. The van der Waals surface area contributed by atoms with Gasteiger partial charge in [0.25, 0.3) is 5.56 Å². The number of halogens is 4. The molecule has 1 heterocycles. The van der Waals surface area contributed by atoms with Crippen LogP contribution in [0.4, 0.5) is 13.2 Å². The fraction of sp³-hybridized carbons (Fsp3) is 0.192. The fourth-order valence-electron chi connectivity index (χ4n) is 3.40. The number of alkyl halides is 3. The van der Waals surface area contributed by atoms with Crippen LogP contribution in [0, 0.1) is 0 Å². The van der Waals surface area contributed by atoms with Gasteiger partial charge in [0.05, 0.1) is 28.8 Å². The van der Waals surface area contributed by atoms with E-state index in [0.29, 0.717) is 22.2 Å². The number of para-hydroxylation sites is 1. The van der Waals surface area contributed by atoms with E-state index < -0.39 is 17.3 Å². The van der Waals surface area contributed by atoms with Crippen LogP contribution in [-0.2, 0) is 6.18 Å². The summed E-state index contributed by atoms with van der Waals surface area (Å²) in [4.78, 5) is 17.8. The van der Waals surface area contributed by atoms with E-state index in [1.165, 1.54) is 18.3 Å². The largest absolute Gasteiger partial charge is 0.490 e. The van der Waals surface area contributed by atoms with E-state index in [2.05, 4.69) is 26.0 Å². The van der Waals surface area contributed by atoms with Crippen LogP contribution in [0.15, 0.2) is 81.1 Å². The van der Waals surface area contributed by atoms with Crippen molar-refractivity contribution in [1.82, 2.24) is 9.66 Å². The molecule has 0 unspecified atom stereocenters. The molecule has 180 valence electrons. The first kappa shape index (κ1) is 24.7. The Bertz CT molecular complexity index is 1460. The highest BCUT2D eigenvalue weighted by Crippen LogP contribution is 2.32. The second-order valence-corrected chi connectivity index (χ2v) is 8.83. The van der Waals surface area contributed by atoms with Crippen molar-refractivity contribution in [1.29, 1.82) is 0 Å². The van der Waals surface area contributed by atoms with E-state index in [4.69, 9.17) is 4.74 Å². The average molecular weight is 544 g/mol. The van der Waals surface area contributed by atoms with Gasteiger partial charge in [0, 0.05) is 15.6 Å². The van der Waals surface area contributed by atoms with E-state index in [9.17, 15) is 18.0 Å². The Balaban J connectivity index is 1.91. The topological polar surface area (TPSA) is 56.5 Å². The quantitative estimate of drug-likeness (QED) is 0.248. The molecule has 5 nitrogen and oxygen atoms in total. The third-order valence-corrected chi connectivity index (χ3v) is 5.88. The van der Waals surface area contributed by atoms with Crippen molar-refractivity contribution in [2.24, 2.45) is 5.10 Å². The maximum Gasteiger partial charge on any atom is 0.416 e. The summed E-state index contributed by atoms with van der Waals surface area (Å²) >= 11 is 3.43. The number of hydrogen-bond acceptors (Lipinski definition) is 4. The highest BCUT2D eigenvalue weighted by Gasteiger charge is 2.31. The molecule has 0 aliphatic heterocycles. The molecule has 9 heteroatoms. The molecule has 0 aliphatic rings. The molecule has 0 saturated heterocycles. The van der Waals surface area contributed by atoms with Crippen molar-refractivity contribution >= 4 is 33.0 Å². The Morgan fingerprint density at radius 3 is 2.63 bits per heavy atom. The molecule has 4 rings (SSSR count). The van der Waals surface area contributed by atoms with Gasteiger partial charge < -0.3 is 4.74 Å². The van der Waals surface area contributed by atoms with Crippen molar-refractivity contribution in [3.05, 3.63) is 92.7 Å². The Labute approximate surface area is 208 Å². The summed E-state index contributed by atoms with van der Waals surface area (Å²) in [6.45, 7) is 3.94. The molecule has 0 aliphatic carbocycles. The van der Waals surface area contributed by atoms with Gasteiger partial charge in [0.15, 0.2) is 5.82 Å². The van der Waals surface area contributed by atoms with E-state index >= 15 is 0 Å². The third kappa shape index (κ3) is 5.45. The van der Waals surface area contributed by atoms with Gasteiger partial charge in [-0.2, -0.15) is 22.9 Å². The molecule has 0 bridgehead atoms. The second-order valence-electron chi connectivity index (χ2n) is 7.91. The SMILES string of the molecule is CC[C@H](C)Oc1ccc(Br)cc1C=Nn1c(-c2cccc(C(F)(F)F)c2)nc2ccccc2c1=O. The van der Waals surface area contributed by atoms with E-state index in [-0.39, 0.29) is 17.5 Å². The van der Waals surface area contributed by atoms with Crippen molar-refractivity contribution in [2.45, 2.75) is 32.5 Å². The zero-order valence-electron chi connectivity index (χ0n) is 18.9. The van der Waals surface area contributed by atoms with Gasteiger partial charge in [0.1, 0.15) is 5.75 Å². The number of benzene rings is 3. The Kier molecular flexibility index (Phi) is 7.07. The van der Waals surface area contributed by atoms with Crippen LogP contribution in [0.1, 0.15) is 31.4 Å². The number of aromatic nitrogens is 2. The summed E-state index contributed by atoms with van der Waals surface area (Å²) in [5, 5.41) is 4.66. The maximum atomic E-state index is 13.4. The molecule has 0 spiro atoms. The monoisotopic (exact) mass is 543 g/mol. The van der Waals surface area contributed by atoms with Crippen molar-refractivity contribution in [3.63, 3.8) is 0 Å². The van der Waals surface area contributed by atoms with Crippen LogP contribution in [0.3, 0.4) is 0 Å². The minimum atomic E-state index is -4.54. The minimum Gasteiger partial charge on any atom is -0.490 e. The number of fused-ring (bicyclic) bond motifs is 1. The molecule has 0 N–H and O–H groups in total. The lowest BCUT2D eigenvalue weighted by atomic mass is 10.1. The predicted octanol–water partition coefficient (Wildman–Crippen LogP) is 6.90.